The number of ether oxygens (including phenoxy) is 1. The number of para-hydroxylation sites is 1. The summed E-state index contributed by atoms with van der Waals surface area (Å²) in [6, 6.07) is 7.72. The average Bonchev–Trinajstić information content (AvgIpc) is 2.74. The van der Waals surface area contributed by atoms with Gasteiger partial charge in [0.1, 0.15) is 5.75 Å². The molecular formula is C15H22N2O2. The molecule has 1 amide bonds. The fourth-order valence-electron chi connectivity index (χ4n) is 2.41. The third-order valence-electron chi connectivity index (χ3n) is 3.52. The fourth-order valence-corrected chi connectivity index (χ4v) is 2.41. The van der Waals surface area contributed by atoms with Gasteiger partial charge >= 0.3 is 0 Å². The summed E-state index contributed by atoms with van der Waals surface area (Å²) in [5.41, 5.74) is 1.01. The first-order chi connectivity index (χ1) is 9.31. The van der Waals surface area contributed by atoms with Crippen molar-refractivity contribution in [2.24, 2.45) is 0 Å². The summed E-state index contributed by atoms with van der Waals surface area (Å²) in [7, 11) is 1.65. The lowest BCUT2D eigenvalue weighted by Gasteiger charge is -2.16. The first-order valence-corrected chi connectivity index (χ1v) is 6.94. The monoisotopic (exact) mass is 262 g/mol. The molecule has 1 aliphatic rings. The lowest BCUT2D eigenvalue weighted by atomic mass is 10.1. The molecule has 2 N–H and O–H groups in total. The van der Waals surface area contributed by atoms with Crippen molar-refractivity contribution < 1.29 is 9.53 Å². The number of carbonyl (C=O) groups is 1. The van der Waals surface area contributed by atoms with Crippen molar-refractivity contribution in [2.75, 3.05) is 13.7 Å². The van der Waals surface area contributed by atoms with E-state index in [1.165, 1.54) is 6.42 Å². The molecule has 1 heterocycles. The molecule has 1 aromatic rings. The molecule has 1 fully saturated rings. The molecule has 1 atom stereocenters. The van der Waals surface area contributed by atoms with Crippen LogP contribution >= 0.6 is 0 Å². The minimum absolute atomic E-state index is 0.0443. The maximum atomic E-state index is 12.1. The highest BCUT2D eigenvalue weighted by atomic mass is 16.5. The second kappa shape index (κ2) is 7.14. The van der Waals surface area contributed by atoms with Crippen molar-refractivity contribution in [2.45, 2.75) is 38.3 Å². The van der Waals surface area contributed by atoms with Gasteiger partial charge in [0.25, 0.3) is 0 Å². The highest BCUT2D eigenvalue weighted by Gasteiger charge is 2.19. The van der Waals surface area contributed by atoms with Gasteiger partial charge in [-0.15, -0.1) is 0 Å². The molecule has 0 saturated carbocycles. The minimum Gasteiger partial charge on any atom is -0.496 e. The Hall–Kier alpha value is -1.55. The fraction of sp³-hybridized carbons (Fsp3) is 0.533. The van der Waals surface area contributed by atoms with Crippen LogP contribution in [0, 0.1) is 0 Å². The topological polar surface area (TPSA) is 50.4 Å². The maximum Gasteiger partial charge on any atom is 0.237 e. The summed E-state index contributed by atoms with van der Waals surface area (Å²) in [4.78, 5) is 12.1. The van der Waals surface area contributed by atoms with Crippen LogP contribution in [0.25, 0.3) is 0 Å². The first-order valence-electron chi connectivity index (χ1n) is 6.94. The van der Waals surface area contributed by atoms with Crippen LogP contribution in [0.3, 0.4) is 0 Å². The van der Waals surface area contributed by atoms with Gasteiger partial charge in [0.2, 0.25) is 5.91 Å². The van der Waals surface area contributed by atoms with Gasteiger partial charge in [-0.25, -0.2) is 0 Å². The minimum atomic E-state index is -0.0443. The number of hydrogen-bond donors (Lipinski definition) is 2. The highest BCUT2D eigenvalue weighted by Crippen LogP contribution is 2.17. The zero-order valence-corrected chi connectivity index (χ0v) is 11.4. The molecule has 4 heteroatoms. The number of rotatable bonds is 4. The van der Waals surface area contributed by atoms with Crippen molar-refractivity contribution >= 4 is 5.91 Å². The van der Waals surface area contributed by atoms with Gasteiger partial charge < -0.3 is 15.4 Å². The number of benzene rings is 1. The Kier molecular flexibility index (Phi) is 5.21. The largest absolute Gasteiger partial charge is 0.496 e. The Bertz CT molecular complexity index is 412. The predicted molar refractivity (Wildman–Crippen MR) is 75.1 cm³/mol. The summed E-state index contributed by atoms with van der Waals surface area (Å²) in [6.45, 7) is 1.45. The smallest absolute Gasteiger partial charge is 0.237 e. The third kappa shape index (κ3) is 3.96. The number of nitrogens with one attached hydrogen (secondary N) is 2. The van der Waals surface area contributed by atoms with E-state index in [9.17, 15) is 4.79 Å². The van der Waals surface area contributed by atoms with Crippen molar-refractivity contribution in [3.05, 3.63) is 29.8 Å². The Morgan fingerprint density at radius 2 is 2.21 bits per heavy atom. The molecule has 4 nitrogen and oxygen atoms in total. The Labute approximate surface area is 114 Å². The molecule has 1 unspecified atom stereocenters. The van der Waals surface area contributed by atoms with Crippen molar-refractivity contribution in [1.82, 2.24) is 10.6 Å². The molecule has 2 rings (SSSR count). The summed E-state index contributed by atoms with van der Waals surface area (Å²) >= 11 is 0. The maximum absolute atomic E-state index is 12.1. The number of hydrogen-bond acceptors (Lipinski definition) is 3. The van der Waals surface area contributed by atoms with Gasteiger partial charge in [-0.05, 0) is 25.5 Å². The van der Waals surface area contributed by atoms with Crippen molar-refractivity contribution in [3.63, 3.8) is 0 Å². The lowest BCUT2D eigenvalue weighted by Crippen LogP contribution is -2.43. The quantitative estimate of drug-likeness (QED) is 0.870. The van der Waals surface area contributed by atoms with E-state index in [1.54, 1.807) is 7.11 Å². The van der Waals surface area contributed by atoms with Crippen LogP contribution in [0.1, 0.15) is 31.2 Å². The van der Waals surface area contributed by atoms with Gasteiger partial charge in [0, 0.05) is 12.1 Å². The van der Waals surface area contributed by atoms with E-state index in [-0.39, 0.29) is 11.9 Å². The molecule has 0 radical (unpaired) electrons. The van der Waals surface area contributed by atoms with E-state index in [0.717, 1.165) is 37.1 Å². The molecule has 1 aliphatic heterocycles. The summed E-state index contributed by atoms with van der Waals surface area (Å²) in [5.74, 6) is 0.907. The van der Waals surface area contributed by atoms with Gasteiger partial charge in [-0.1, -0.05) is 31.0 Å². The normalized spacial score (nSPS) is 19.5. The van der Waals surface area contributed by atoms with Crippen molar-refractivity contribution in [1.29, 1.82) is 0 Å². The summed E-state index contributed by atoms with van der Waals surface area (Å²) in [6.07, 6.45) is 4.43. The van der Waals surface area contributed by atoms with Crippen molar-refractivity contribution in [3.8, 4) is 5.75 Å². The zero-order chi connectivity index (χ0) is 13.5. The van der Waals surface area contributed by atoms with E-state index in [4.69, 9.17) is 4.74 Å². The standard InChI is InChI=1S/C15H22N2O2/c1-19-14-9-5-4-7-12(14)11-17-15(18)13-8-3-2-6-10-16-13/h4-5,7,9,13,16H,2-3,6,8,10-11H2,1H3,(H,17,18). The van der Waals surface area contributed by atoms with E-state index in [1.807, 2.05) is 24.3 Å². The molecule has 19 heavy (non-hydrogen) atoms. The van der Waals surface area contributed by atoms with Gasteiger partial charge in [-0.2, -0.15) is 0 Å². The lowest BCUT2D eigenvalue weighted by molar-refractivity contribution is -0.123. The molecule has 1 saturated heterocycles. The average molecular weight is 262 g/mol. The molecule has 0 bridgehead atoms. The van der Waals surface area contributed by atoms with E-state index in [2.05, 4.69) is 10.6 Å². The molecule has 0 aliphatic carbocycles. The van der Waals surface area contributed by atoms with Gasteiger partial charge in [0.15, 0.2) is 0 Å². The van der Waals surface area contributed by atoms with E-state index >= 15 is 0 Å². The van der Waals surface area contributed by atoms with Crippen LogP contribution in [0.5, 0.6) is 5.75 Å². The van der Waals surface area contributed by atoms with Gasteiger partial charge in [-0.3, -0.25) is 4.79 Å². The Morgan fingerprint density at radius 3 is 3.05 bits per heavy atom. The predicted octanol–water partition coefficient (Wildman–Crippen LogP) is 1.84. The van der Waals surface area contributed by atoms with Crippen LogP contribution in [0.15, 0.2) is 24.3 Å². The molecule has 1 aromatic carbocycles. The molecule has 0 aromatic heterocycles. The second-order valence-electron chi connectivity index (χ2n) is 4.89. The van der Waals surface area contributed by atoms with Crippen LogP contribution in [0.4, 0.5) is 0 Å². The van der Waals surface area contributed by atoms with E-state index in [0.29, 0.717) is 6.54 Å². The zero-order valence-electron chi connectivity index (χ0n) is 11.4. The SMILES string of the molecule is COc1ccccc1CNC(=O)C1CCCCCN1. The summed E-state index contributed by atoms with van der Waals surface area (Å²) in [5, 5.41) is 6.29. The Balaban J connectivity index is 1.88. The first kappa shape index (κ1) is 13.9. The van der Waals surface area contributed by atoms with Crippen LogP contribution < -0.4 is 15.4 Å². The molecular weight excluding hydrogens is 240 g/mol. The third-order valence-corrected chi connectivity index (χ3v) is 3.52. The molecule has 0 spiro atoms. The van der Waals surface area contributed by atoms with Crippen LogP contribution in [-0.4, -0.2) is 25.6 Å². The summed E-state index contributed by atoms with van der Waals surface area (Å²) < 4.78 is 5.28. The second-order valence-corrected chi connectivity index (χ2v) is 4.89. The number of amides is 1. The number of carbonyl (C=O) groups excluding carboxylic acids is 1. The number of methoxy groups -OCH3 is 1. The highest BCUT2D eigenvalue weighted by molar-refractivity contribution is 5.81. The Morgan fingerprint density at radius 1 is 1.37 bits per heavy atom. The van der Waals surface area contributed by atoms with Crippen LogP contribution in [0.2, 0.25) is 0 Å². The van der Waals surface area contributed by atoms with E-state index < -0.39 is 0 Å². The van der Waals surface area contributed by atoms with Crippen LogP contribution in [-0.2, 0) is 11.3 Å². The molecule has 104 valence electrons. The van der Waals surface area contributed by atoms with Gasteiger partial charge in [0.05, 0.1) is 13.2 Å².